The number of unbranched alkanes of at least 4 members (excludes halogenated alkanes) is 2. The van der Waals surface area contributed by atoms with Crippen LogP contribution in [0.2, 0.25) is 0 Å². The molecular weight excluding hydrogens is 268 g/mol. The van der Waals surface area contributed by atoms with E-state index in [9.17, 15) is 9.90 Å². The Balaban J connectivity index is 2.92. The van der Waals surface area contributed by atoms with E-state index in [1.807, 2.05) is 13.8 Å². The van der Waals surface area contributed by atoms with Crippen molar-refractivity contribution in [3.05, 3.63) is 17.7 Å². The van der Waals surface area contributed by atoms with Gasteiger partial charge < -0.3 is 14.6 Å². The normalized spacial score (nSPS) is 10.4. The molecule has 4 nitrogen and oxygen atoms in total. The number of aromatic hydroxyl groups is 1. The molecule has 0 aliphatic heterocycles. The molecule has 0 amide bonds. The van der Waals surface area contributed by atoms with Crippen LogP contribution in [0, 0.1) is 0 Å². The Bertz CT molecular complexity index is 454. The van der Waals surface area contributed by atoms with Crippen molar-refractivity contribution in [3.63, 3.8) is 0 Å². The second-order valence-electron chi connectivity index (χ2n) is 4.98. The highest BCUT2D eigenvalue weighted by Gasteiger charge is 2.18. The number of ether oxygens (including phenoxy) is 2. The maximum absolute atomic E-state index is 12.1. The molecule has 0 spiro atoms. The molecule has 0 bridgehead atoms. The van der Waals surface area contributed by atoms with Gasteiger partial charge in [-0.1, -0.05) is 26.7 Å². The summed E-state index contributed by atoms with van der Waals surface area (Å²) in [4.78, 5) is 12.1. The van der Waals surface area contributed by atoms with Gasteiger partial charge in [0.2, 0.25) is 0 Å². The molecule has 0 saturated carbocycles. The molecule has 0 aliphatic carbocycles. The Morgan fingerprint density at radius 2 is 1.86 bits per heavy atom. The highest BCUT2D eigenvalue weighted by atomic mass is 16.5. The van der Waals surface area contributed by atoms with E-state index in [0.717, 1.165) is 25.7 Å². The number of Topliss-reactive ketones (excluding diaryl/α,β-unsaturated/α-hetero) is 1. The van der Waals surface area contributed by atoms with E-state index in [1.54, 1.807) is 6.07 Å². The summed E-state index contributed by atoms with van der Waals surface area (Å²) in [5.41, 5.74) is 0.264. The minimum absolute atomic E-state index is 0.0649. The molecular formula is C17H26O4. The van der Waals surface area contributed by atoms with Gasteiger partial charge in [0.05, 0.1) is 13.2 Å². The third-order valence-corrected chi connectivity index (χ3v) is 3.13. The van der Waals surface area contributed by atoms with Crippen LogP contribution in [0.15, 0.2) is 12.1 Å². The van der Waals surface area contributed by atoms with Gasteiger partial charge in [-0.15, -0.1) is 0 Å². The van der Waals surface area contributed by atoms with Crippen molar-refractivity contribution < 1.29 is 19.4 Å². The van der Waals surface area contributed by atoms with Crippen LogP contribution in [0.25, 0.3) is 0 Å². The molecule has 21 heavy (non-hydrogen) atoms. The lowest BCUT2D eigenvalue weighted by Crippen LogP contribution is -2.05. The van der Waals surface area contributed by atoms with Crippen molar-refractivity contribution >= 4 is 5.78 Å². The SMILES string of the molecule is CCCCCOc1cc(O)c(C(=O)CCC)c(OCC)c1. The molecule has 1 aromatic rings. The maximum atomic E-state index is 12.1. The Hall–Kier alpha value is -1.71. The number of rotatable bonds is 10. The van der Waals surface area contributed by atoms with Gasteiger partial charge in [0, 0.05) is 18.6 Å². The van der Waals surface area contributed by atoms with Crippen LogP contribution in [-0.4, -0.2) is 24.1 Å². The number of carbonyl (C=O) groups excluding carboxylic acids is 1. The van der Waals surface area contributed by atoms with Crippen LogP contribution in [0.3, 0.4) is 0 Å². The first-order valence-electron chi connectivity index (χ1n) is 7.79. The highest BCUT2D eigenvalue weighted by Crippen LogP contribution is 2.34. The molecule has 0 saturated heterocycles. The molecule has 1 aromatic carbocycles. The van der Waals surface area contributed by atoms with Gasteiger partial charge in [0.25, 0.3) is 0 Å². The Labute approximate surface area is 127 Å². The van der Waals surface area contributed by atoms with Crippen molar-refractivity contribution in [2.45, 2.75) is 52.9 Å². The van der Waals surface area contributed by atoms with Gasteiger partial charge in [-0.05, 0) is 19.8 Å². The minimum Gasteiger partial charge on any atom is -0.507 e. The van der Waals surface area contributed by atoms with Crippen molar-refractivity contribution in [1.29, 1.82) is 0 Å². The van der Waals surface area contributed by atoms with Gasteiger partial charge in [0.15, 0.2) is 5.78 Å². The molecule has 0 unspecified atom stereocenters. The lowest BCUT2D eigenvalue weighted by Gasteiger charge is -2.14. The standard InChI is InChI=1S/C17H26O4/c1-4-7-8-10-21-13-11-15(19)17(14(18)9-5-2)16(12-13)20-6-3/h11-12,19H,4-10H2,1-3H3. The lowest BCUT2D eigenvalue weighted by molar-refractivity contribution is 0.0975. The fourth-order valence-corrected chi connectivity index (χ4v) is 2.10. The quantitative estimate of drug-likeness (QED) is 0.515. The van der Waals surface area contributed by atoms with E-state index in [0.29, 0.717) is 31.1 Å². The summed E-state index contributed by atoms with van der Waals surface area (Å²) in [5.74, 6) is 0.780. The molecule has 0 atom stereocenters. The molecule has 0 radical (unpaired) electrons. The second-order valence-corrected chi connectivity index (χ2v) is 4.98. The van der Waals surface area contributed by atoms with E-state index in [2.05, 4.69) is 6.92 Å². The molecule has 118 valence electrons. The topological polar surface area (TPSA) is 55.8 Å². The number of benzene rings is 1. The summed E-state index contributed by atoms with van der Waals surface area (Å²) in [6.45, 7) is 6.94. The Morgan fingerprint density at radius 1 is 1.10 bits per heavy atom. The van der Waals surface area contributed by atoms with E-state index in [-0.39, 0.29) is 17.1 Å². The number of phenolic OH excluding ortho intramolecular Hbond substituents is 1. The molecule has 0 aliphatic rings. The summed E-state index contributed by atoms with van der Waals surface area (Å²) < 4.78 is 11.1. The molecule has 0 aromatic heterocycles. The van der Waals surface area contributed by atoms with E-state index in [4.69, 9.17) is 9.47 Å². The zero-order chi connectivity index (χ0) is 15.7. The number of carbonyl (C=O) groups is 1. The fourth-order valence-electron chi connectivity index (χ4n) is 2.10. The molecule has 1 N–H and O–H groups in total. The number of hydrogen-bond acceptors (Lipinski definition) is 4. The van der Waals surface area contributed by atoms with Crippen LogP contribution < -0.4 is 9.47 Å². The van der Waals surface area contributed by atoms with E-state index < -0.39 is 0 Å². The van der Waals surface area contributed by atoms with E-state index >= 15 is 0 Å². The van der Waals surface area contributed by atoms with Gasteiger partial charge >= 0.3 is 0 Å². The van der Waals surface area contributed by atoms with Crippen LogP contribution in [0.1, 0.15) is 63.2 Å². The van der Waals surface area contributed by atoms with Gasteiger partial charge in [0.1, 0.15) is 22.8 Å². The van der Waals surface area contributed by atoms with Gasteiger partial charge in [-0.3, -0.25) is 4.79 Å². The number of ketones is 1. The van der Waals surface area contributed by atoms with Crippen LogP contribution in [0.4, 0.5) is 0 Å². The second kappa shape index (κ2) is 9.27. The first kappa shape index (κ1) is 17.3. The third kappa shape index (κ3) is 5.29. The summed E-state index contributed by atoms with van der Waals surface area (Å²) in [6, 6.07) is 3.19. The maximum Gasteiger partial charge on any atom is 0.170 e. The number of hydrogen-bond donors (Lipinski definition) is 1. The zero-order valence-electron chi connectivity index (χ0n) is 13.3. The highest BCUT2D eigenvalue weighted by molar-refractivity contribution is 6.01. The Morgan fingerprint density at radius 3 is 2.48 bits per heavy atom. The van der Waals surface area contributed by atoms with Crippen LogP contribution in [0.5, 0.6) is 17.2 Å². The first-order valence-corrected chi connectivity index (χ1v) is 7.79. The lowest BCUT2D eigenvalue weighted by atomic mass is 10.0. The Kier molecular flexibility index (Phi) is 7.65. The molecule has 0 fully saturated rings. The fraction of sp³-hybridized carbons (Fsp3) is 0.588. The number of phenols is 1. The molecule has 1 rings (SSSR count). The summed E-state index contributed by atoms with van der Waals surface area (Å²) in [7, 11) is 0. The zero-order valence-corrected chi connectivity index (χ0v) is 13.3. The smallest absolute Gasteiger partial charge is 0.170 e. The van der Waals surface area contributed by atoms with Crippen molar-refractivity contribution in [2.75, 3.05) is 13.2 Å². The predicted octanol–water partition coefficient (Wildman–Crippen LogP) is 4.34. The average Bonchev–Trinajstić information content (AvgIpc) is 2.44. The average molecular weight is 294 g/mol. The summed E-state index contributed by atoms with van der Waals surface area (Å²) >= 11 is 0. The first-order chi connectivity index (χ1) is 10.1. The van der Waals surface area contributed by atoms with Crippen LogP contribution in [-0.2, 0) is 0 Å². The molecule has 0 heterocycles. The van der Waals surface area contributed by atoms with Crippen molar-refractivity contribution in [3.8, 4) is 17.2 Å². The molecule has 4 heteroatoms. The van der Waals surface area contributed by atoms with Gasteiger partial charge in [-0.2, -0.15) is 0 Å². The predicted molar refractivity (Wildman–Crippen MR) is 83.5 cm³/mol. The summed E-state index contributed by atoms with van der Waals surface area (Å²) in [5, 5.41) is 10.1. The van der Waals surface area contributed by atoms with Gasteiger partial charge in [-0.25, -0.2) is 0 Å². The van der Waals surface area contributed by atoms with Crippen molar-refractivity contribution in [1.82, 2.24) is 0 Å². The summed E-state index contributed by atoms with van der Waals surface area (Å²) in [6.07, 6.45) is 4.34. The largest absolute Gasteiger partial charge is 0.507 e. The monoisotopic (exact) mass is 294 g/mol. The van der Waals surface area contributed by atoms with Crippen LogP contribution >= 0.6 is 0 Å². The third-order valence-electron chi connectivity index (χ3n) is 3.13. The van der Waals surface area contributed by atoms with Crippen molar-refractivity contribution in [2.24, 2.45) is 0 Å². The van der Waals surface area contributed by atoms with E-state index in [1.165, 1.54) is 6.07 Å². The minimum atomic E-state index is -0.101.